The fourth-order valence-corrected chi connectivity index (χ4v) is 4.48. The summed E-state index contributed by atoms with van der Waals surface area (Å²) in [6.07, 6.45) is 1.47. The van der Waals surface area contributed by atoms with E-state index in [0.29, 0.717) is 6.42 Å². The monoisotopic (exact) mass is 466 g/mol. The molecule has 7 heteroatoms. The number of fused-ring (bicyclic) bond motifs is 3. The number of amides is 2. The first-order chi connectivity index (χ1) is 16.3. The van der Waals surface area contributed by atoms with Gasteiger partial charge in [0.1, 0.15) is 12.6 Å². The summed E-state index contributed by atoms with van der Waals surface area (Å²) in [6.45, 7) is 5.82. The highest BCUT2D eigenvalue weighted by Crippen LogP contribution is 2.44. The Bertz CT molecular complexity index is 974. The summed E-state index contributed by atoms with van der Waals surface area (Å²) in [5, 5.41) is 14.6. The lowest BCUT2D eigenvalue weighted by Gasteiger charge is -2.25. The van der Waals surface area contributed by atoms with Crippen molar-refractivity contribution < 1.29 is 24.2 Å². The molecule has 3 rings (SSSR count). The van der Waals surface area contributed by atoms with Crippen LogP contribution in [0, 0.1) is 5.92 Å². The van der Waals surface area contributed by atoms with Crippen molar-refractivity contribution >= 4 is 18.0 Å². The van der Waals surface area contributed by atoms with E-state index in [1.54, 1.807) is 0 Å². The Balaban J connectivity index is 1.63. The van der Waals surface area contributed by atoms with Gasteiger partial charge in [-0.05, 0) is 34.6 Å². The number of benzene rings is 2. The number of carboxylic acid groups (broad SMARTS) is 1. The van der Waals surface area contributed by atoms with Gasteiger partial charge in [-0.1, -0.05) is 82.1 Å². The number of aliphatic carboxylic acids is 1. The van der Waals surface area contributed by atoms with E-state index in [-0.39, 0.29) is 24.9 Å². The average molecular weight is 467 g/mol. The van der Waals surface area contributed by atoms with Gasteiger partial charge in [0, 0.05) is 12.0 Å². The third kappa shape index (κ3) is 6.16. The maximum absolute atomic E-state index is 12.9. The number of alkyl carbamates (subject to hydrolysis) is 1. The Morgan fingerprint density at radius 2 is 1.56 bits per heavy atom. The Labute approximate surface area is 200 Å². The molecule has 2 aromatic rings. The molecule has 0 saturated heterocycles. The molecule has 7 nitrogen and oxygen atoms in total. The van der Waals surface area contributed by atoms with Crippen molar-refractivity contribution in [2.75, 3.05) is 6.61 Å². The van der Waals surface area contributed by atoms with Crippen molar-refractivity contribution in [3.8, 4) is 11.1 Å². The van der Waals surface area contributed by atoms with Gasteiger partial charge in [-0.2, -0.15) is 0 Å². The van der Waals surface area contributed by atoms with E-state index in [9.17, 15) is 14.4 Å². The zero-order valence-corrected chi connectivity index (χ0v) is 20.0. The minimum Gasteiger partial charge on any atom is -0.481 e. The number of nitrogens with one attached hydrogen (secondary N) is 2. The summed E-state index contributed by atoms with van der Waals surface area (Å²) < 4.78 is 5.58. The summed E-state index contributed by atoms with van der Waals surface area (Å²) in [7, 11) is 0. The highest BCUT2D eigenvalue weighted by atomic mass is 16.5. The first-order valence-electron chi connectivity index (χ1n) is 12.0. The molecule has 0 radical (unpaired) electrons. The van der Waals surface area contributed by atoms with Gasteiger partial charge in [-0.3, -0.25) is 9.59 Å². The number of hydrogen-bond donors (Lipinski definition) is 3. The van der Waals surface area contributed by atoms with Crippen molar-refractivity contribution in [1.82, 2.24) is 10.6 Å². The smallest absolute Gasteiger partial charge is 0.407 e. The van der Waals surface area contributed by atoms with Gasteiger partial charge in [-0.25, -0.2) is 4.79 Å². The first-order valence-corrected chi connectivity index (χ1v) is 12.0. The van der Waals surface area contributed by atoms with E-state index < -0.39 is 30.1 Å². The standard InChI is InChI=1S/C27H34N2O5/c1-4-5-10-18(15-24(30)31)28-26(32)25(17(2)3)29-27(33)34-16-23-21-13-8-6-11-19(21)20-12-7-9-14-22(20)23/h6-9,11-14,17-18,23,25H,4-5,10,15-16H2,1-3H3,(H,28,32)(H,29,33)(H,30,31)/t18?,25-/m0/s1. The Morgan fingerprint density at radius 1 is 0.971 bits per heavy atom. The zero-order chi connectivity index (χ0) is 24.7. The number of carboxylic acids is 1. The lowest BCUT2D eigenvalue weighted by molar-refractivity contribution is -0.137. The SMILES string of the molecule is CCCCC(CC(=O)O)NC(=O)[C@@H](NC(=O)OCC1c2ccccc2-c2ccccc21)C(C)C. The number of ether oxygens (including phenoxy) is 1. The molecule has 3 N–H and O–H groups in total. The molecule has 1 aliphatic rings. The quantitative estimate of drug-likeness (QED) is 0.445. The molecule has 2 aromatic carbocycles. The summed E-state index contributed by atoms with van der Waals surface area (Å²) >= 11 is 0. The van der Waals surface area contributed by atoms with Crippen LogP contribution in [0.4, 0.5) is 4.79 Å². The normalized spacial score (nSPS) is 14.1. The van der Waals surface area contributed by atoms with Crippen LogP contribution in [0.15, 0.2) is 48.5 Å². The second-order valence-electron chi connectivity index (χ2n) is 9.14. The van der Waals surface area contributed by atoms with Crippen LogP contribution in [0.25, 0.3) is 11.1 Å². The van der Waals surface area contributed by atoms with Gasteiger partial charge in [0.25, 0.3) is 0 Å². The van der Waals surface area contributed by atoms with Gasteiger partial charge in [0.05, 0.1) is 6.42 Å². The minimum absolute atomic E-state index is 0.0709. The lowest BCUT2D eigenvalue weighted by atomic mass is 9.98. The van der Waals surface area contributed by atoms with Crippen LogP contribution >= 0.6 is 0 Å². The molecule has 182 valence electrons. The molecular weight excluding hydrogens is 432 g/mol. The third-order valence-electron chi connectivity index (χ3n) is 6.24. The van der Waals surface area contributed by atoms with Gasteiger partial charge < -0.3 is 20.5 Å². The zero-order valence-electron chi connectivity index (χ0n) is 20.0. The van der Waals surface area contributed by atoms with Gasteiger partial charge in [0.2, 0.25) is 5.91 Å². The largest absolute Gasteiger partial charge is 0.481 e. The minimum atomic E-state index is -0.966. The molecule has 0 aliphatic heterocycles. The van der Waals surface area contributed by atoms with E-state index in [4.69, 9.17) is 9.84 Å². The molecule has 0 spiro atoms. The highest BCUT2D eigenvalue weighted by molar-refractivity contribution is 5.86. The number of carbonyl (C=O) groups excluding carboxylic acids is 2. The van der Waals surface area contributed by atoms with Crippen LogP contribution < -0.4 is 10.6 Å². The average Bonchev–Trinajstić information content (AvgIpc) is 3.12. The van der Waals surface area contributed by atoms with Gasteiger partial charge in [0.15, 0.2) is 0 Å². The summed E-state index contributed by atoms with van der Waals surface area (Å²) in [6, 6.07) is 14.9. The number of carbonyl (C=O) groups is 3. The van der Waals surface area contributed by atoms with Gasteiger partial charge >= 0.3 is 12.1 Å². The van der Waals surface area contributed by atoms with Crippen LogP contribution in [0.5, 0.6) is 0 Å². The van der Waals surface area contributed by atoms with Crippen LogP contribution in [0.1, 0.15) is 63.5 Å². The molecular formula is C27H34N2O5. The number of rotatable bonds is 11. The molecule has 0 saturated carbocycles. The van der Waals surface area contributed by atoms with Crippen molar-refractivity contribution in [2.45, 2.75) is 64.5 Å². The second-order valence-corrected chi connectivity index (χ2v) is 9.14. The van der Waals surface area contributed by atoms with Crippen molar-refractivity contribution in [3.63, 3.8) is 0 Å². The molecule has 0 aromatic heterocycles. The van der Waals surface area contributed by atoms with Crippen molar-refractivity contribution in [2.24, 2.45) is 5.92 Å². The molecule has 0 heterocycles. The number of hydrogen-bond acceptors (Lipinski definition) is 4. The molecule has 2 amide bonds. The van der Waals surface area contributed by atoms with E-state index in [0.717, 1.165) is 35.1 Å². The first kappa shape index (κ1) is 25.3. The predicted molar refractivity (Wildman–Crippen MR) is 131 cm³/mol. The summed E-state index contributed by atoms with van der Waals surface area (Å²) in [5.41, 5.74) is 4.51. The van der Waals surface area contributed by atoms with Crippen LogP contribution in [0.2, 0.25) is 0 Å². The van der Waals surface area contributed by atoms with E-state index >= 15 is 0 Å². The molecule has 2 atom stereocenters. The maximum atomic E-state index is 12.9. The highest BCUT2D eigenvalue weighted by Gasteiger charge is 2.31. The molecule has 34 heavy (non-hydrogen) atoms. The van der Waals surface area contributed by atoms with Crippen LogP contribution in [-0.2, 0) is 14.3 Å². The van der Waals surface area contributed by atoms with Crippen LogP contribution in [0.3, 0.4) is 0 Å². The van der Waals surface area contributed by atoms with Crippen molar-refractivity contribution in [1.29, 1.82) is 0 Å². The molecule has 0 fully saturated rings. The van der Waals surface area contributed by atoms with E-state index in [1.807, 2.05) is 57.2 Å². The second kappa shape index (κ2) is 11.7. The van der Waals surface area contributed by atoms with Crippen molar-refractivity contribution in [3.05, 3.63) is 59.7 Å². The molecule has 1 aliphatic carbocycles. The Kier molecular flexibility index (Phi) is 8.68. The predicted octanol–water partition coefficient (Wildman–Crippen LogP) is 4.70. The fourth-order valence-electron chi connectivity index (χ4n) is 4.48. The number of unbranched alkanes of at least 4 members (excludes halogenated alkanes) is 1. The fraction of sp³-hybridized carbons (Fsp3) is 0.444. The maximum Gasteiger partial charge on any atom is 0.407 e. The Hall–Kier alpha value is -3.35. The third-order valence-corrected chi connectivity index (χ3v) is 6.24. The molecule has 0 bridgehead atoms. The van der Waals surface area contributed by atoms with E-state index in [2.05, 4.69) is 22.8 Å². The van der Waals surface area contributed by atoms with E-state index in [1.165, 1.54) is 0 Å². The summed E-state index contributed by atoms with van der Waals surface area (Å²) in [4.78, 5) is 36.7. The lowest BCUT2D eigenvalue weighted by Crippen LogP contribution is -2.52. The topological polar surface area (TPSA) is 105 Å². The Morgan fingerprint density at radius 3 is 2.09 bits per heavy atom. The van der Waals surface area contributed by atoms with Crippen LogP contribution in [-0.4, -0.2) is 41.8 Å². The summed E-state index contributed by atoms with van der Waals surface area (Å²) in [5.74, 6) is -1.63. The molecule has 1 unspecified atom stereocenters. The van der Waals surface area contributed by atoms with Gasteiger partial charge in [-0.15, -0.1) is 0 Å².